The molecule has 5 rings (SSSR count). The van der Waals surface area contributed by atoms with Crippen molar-refractivity contribution in [3.8, 4) is 5.88 Å². The number of piperidine rings is 1. The lowest BCUT2D eigenvalue weighted by Gasteiger charge is -2.32. The minimum Gasteiger partial charge on any atom is -0.476 e. The van der Waals surface area contributed by atoms with Gasteiger partial charge < -0.3 is 9.64 Å². The van der Waals surface area contributed by atoms with Crippen molar-refractivity contribution >= 4 is 17.1 Å². The zero-order valence-electron chi connectivity index (χ0n) is 16.6. The van der Waals surface area contributed by atoms with E-state index >= 15 is 0 Å². The van der Waals surface area contributed by atoms with Crippen molar-refractivity contribution in [2.45, 2.75) is 25.9 Å². The number of anilines is 1. The first-order chi connectivity index (χ1) is 14.9. The molecule has 0 aliphatic carbocycles. The Balaban J connectivity index is 1.21. The fraction of sp³-hybridized carbons (Fsp3) is 0.421. The molecule has 0 spiro atoms. The van der Waals surface area contributed by atoms with Gasteiger partial charge in [-0.1, -0.05) is 0 Å². The summed E-state index contributed by atoms with van der Waals surface area (Å²) >= 11 is 0. The Kier molecular flexibility index (Phi) is 4.63. The van der Waals surface area contributed by atoms with E-state index in [4.69, 9.17) is 4.74 Å². The van der Waals surface area contributed by atoms with Crippen molar-refractivity contribution in [2.75, 3.05) is 24.6 Å². The Morgan fingerprint density at radius 1 is 1.03 bits per heavy atom. The molecule has 1 fully saturated rings. The van der Waals surface area contributed by atoms with E-state index < -0.39 is 12.0 Å². The van der Waals surface area contributed by atoms with Crippen LogP contribution in [0.5, 0.6) is 5.88 Å². The number of ether oxygens (including phenoxy) is 1. The Morgan fingerprint density at radius 2 is 1.81 bits per heavy atom. The summed E-state index contributed by atoms with van der Waals surface area (Å²) in [6, 6.07) is 6.83. The number of rotatable bonds is 4. The molecule has 4 aromatic rings. The van der Waals surface area contributed by atoms with Crippen molar-refractivity contribution in [2.24, 2.45) is 5.92 Å². The highest BCUT2D eigenvalue weighted by Gasteiger charge is 2.38. The summed E-state index contributed by atoms with van der Waals surface area (Å²) in [5, 5.41) is 15.3. The van der Waals surface area contributed by atoms with Crippen molar-refractivity contribution in [1.82, 2.24) is 34.4 Å². The lowest BCUT2D eigenvalue weighted by atomic mass is 9.98. The minimum atomic E-state index is -4.61. The Morgan fingerprint density at radius 3 is 2.58 bits per heavy atom. The third-order valence-corrected chi connectivity index (χ3v) is 5.32. The van der Waals surface area contributed by atoms with Gasteiger partial charge in [-0.05, 0) is 43.9 Å². The first-order valence-electron chi connectivity index (χ1n) is 9.87. The summed E-state index contributed by atoms with van der Waals surface area (Å²) in [5.41, 5.74) is 1.72. The van der Waals surface area contributed by atoms with Crippen LogP contribution in [0.2, 0.25) is 0 Å². The molecule has 0 N–H and O–H groups in total. The number of halogens is 3. The topological polar surface area (TPSA) is 85.7 Å². The summed E-state index contributed by atoms with van der Waals surface area (Å²) in [4.78, 5) is 6.30. The lowest BCUT2D eigenvalue weighted by Crippen LogP contribution is -2.36. The molecule has 0 bridgehead atoms. The van der Waals surface area contributed by atoms with Crippen LogP contribution >= 0.6 is 0 Å². The van der Waals surface area contributed by atoms with Crippen LogP contribution in [0.1, 0.15) is 24.4 Å². The van der Waals surface area contributed by atoms with E-state index in [1.807, 2.05) is 24.1 Å². The smallest absolute Gasteiger partial charge is 0.453 e. The largest absolute Gasteiger partial charge is 0.476 e. The molecule has 1 aliphatic rings. The predicted octanol–water partition coefficient (Wildman–Crippen LogP) is 2.79. The van der Waals surface area contributed by atoms with Gasteiger partial charge in [0.2, 0.25) is 5.88 Å². The van der Waals surface area contributed by atoms with E-state index in [-0.39, 0.29) is 5.65 Å². The predicted molar refractivity (Wildman–Crippen MR) is 104 cm³/mol. The van der Waals surface area contributed by atoms with Gasteiger partial charge in [-0.3, -0.25) is 0 Å². The molecule has 12 heteroatoms. The van der Waals surface area contributed by atoms with Crippen molar-refractivity contribution < 1.29 is 17.9 Å². The quantitative estimate of drug-likeness (QED) is 0.490. The monoisotopic (exact) mass is 432 g/mol. The van der Waals surface area contributed by atoms with E-state index in [0.29, 0.717) is 37.3 Å². The lowest BCUT2D eigenvalue weighted by molar-refractivity contribution is -0.146. The summed E-state index contributed by atoms with van der Waals surface area (Å²) in [6.45, 7) is 3.77. The van der Waals surface area contributed by atoms with E-state index in [0.717, 1.165) is 28.7 Å². The normalized spacial score (nSPS) is 15.8. The van der Waals surface area contributed by atoms with Gasteiger partial charge in [0, 0.05) is 19.2 Å². The second kappa shape index (κ2) is 7.36. The van der Waals surface area contributed by atoms with Gasteiger partial charge in [-0.25, -0.2) is 9.50 Å². The van der Waals surface area contributed by atoms with E-state index in [1.54, 1.807) is 16.6 Å². The number of hydrogen-bond donors (Lipinski definition) is 0. The first kappa shape index (κ1) is 19.5. The molecule has 1 aliphatic heterocycles. The summed E-state index contributed by atoms with van der Waals surface area (Å²) < 4.78 is 47.6. The third-order valence-electron chi connectivity index (χ3n) is 5.32. The number of alkyl halides is 3. The average molecular weight is 432 g/mol. The first-order valence-corrected chi connectivity index (χ1v) is 9.87. The number of nitrogens with zero attached hydrogens (tertiary/aromatic N) is 8. The van der Waals surface area contributed by atoms with Gasteiger partial charge in [0.25, 0.3) is 5.82 Å². The maximum atomic E-state index is 13.1. The zero-order chi connectivity index (χ0) is 21.6. The molecular formula is C19H19F3N8O. The molecule has 162 valence electrons. The SMILES string of the molecule is Cc1cn2nc(OCC3CCN(c4ccc5nnc(C(F)(F)F)n5n4)CC3)ccc2n1. The van der Waals surface area contributed by atoms with Gasteiger partial charge in [-0.15, -0.1) is 20.4 Å². The zero-order valence-corrected chi connectivity index (χ0v) is 16.6. The molecule has 0 radical (unpaired) electrons. The molecule has 4 aromatic heterocycles. The average Bonchev–Trinajstić information content (AvgIpc) is 3.34. The number of aromatic nitrogens is 7. The van der Waals surface area contributed by atoms with E-state index in [1.165, 1.54) is 6.07 Å². The second-order valence-corrected chi connectivity index (χ2v) is 7.58. The van der Waals surface area contributed by atoms with Gasteiger partial charge in [0.1, 0.15) is 5.82 Å². The highest BCUT2D eigenvalue weighted by molar-refractivity contribution is 5.46. The van der Waals surface area contributed by atoms with Crippen LogP contribution in [0.25, 0.3) is 11.3 Å². The van der Waals surface area contributed by atoms with Crippen LogP contribution < -0.4 is 9.64 Å². The number of imidazole rings is 1. The van der Waals surface area contributed by atoms with Gasteiger partial charge in [0.05, 0.1) is 18.5 Å². The highest BCUT2D eigenvalue weighted by atomic mass is 19.4. The third kappa shape index (κ3) is 3.84. The molecular weight excluding hydrogens is 413 g/mol. The van der Waals surface area contributed by atoms with Crippen molar-refractivity contribution in [1.29, 1.82) is 0 Å². The van der Waals surface area contributed by atoms with Crippen molar-refractivity contribution in [3.63, 3.8) is 0 Å². The van der Waals surface area contributed by atoms with E-state index in [9.17, 15) is 13.2 Å². The Hall–Kier alpha value is -3.44. The molecule has 0 amide bonds. The molecule has 1 saturated heterocycles. The molecule has 0 aromatic carbocycles. The number of fused-ring (bicyclic) bond motifs is 2. The van der Waals surface area contributed by atoms with Crippen LogP contribution in [-0.4, -0.2) is 54.1 Å². The van der Waals surface area contributed by atoms with Crippen LogP contribution in [-0.2, 0) is 6.18 Å². The van der Waals surface area contributed by atoms with Crippen LogP contribution in [0.4, 0.5) is 19.0 Å². The molecule has 0 unspecified atom stereocenters. The van der Waals surface area contributed by atoms with Crippen LogP contribution in [0, 0.1) is 12.8 Å². The highest BCUT2D eigenvalue weighted by Crippen LogP contribution is 2.28. The minimum absolute atomic E-state index is 0.0666. The van der Waals surface area contributed by atoms with Gasteiger partial charge >= 0.3 is 6.18 Å². The maximum Gasteiger partial charge on any atom is 0.453 e. The standard InChI is InChI=1S/C19H19F3N8O/c1-12-10-29-14(23-12)4-5-17(27-29)31-11-13-6-8-28(9-7-13)16-3-2-15-24-25-18(19(20,21)22)30(15)26-16/h2-5,10,13H,6-9,11H2,1H3. The maximum absolute atomic E-state index is 13.1. The van der Waals surface area contributed by atoms with Gasteiger partial charge in [0.15, 0.2) is 11.3 Å². The molecule has 31 heavy (non-hydrogen) atoms. The fourth-order valence-electron chi connectivity index (χ4n) is 3.72. The molecule has 5 heterocycles. The second-order valence-electron chi connectivity index (χ2n) is 7.58. The fourth-order valence-corrected chi connectivity index (χ4v) is 3.72. The summed E-state index contributed by atoms with van der Waals surface area (Å²) in [7, 11) is 0. The number of hydrogen-bond acceptors (Lipinski definition) is 7. The molecule has 0 saturated carbocycles. The molecule has 0 atom stereocenters. The Labute approximate surface area is 174 Å². The molecule has 9 nitrogen and oxygen atoms in total. The van der Waals surface area contributed by atoms with Crippen LogP contribution in [0.3, 0.4) is 0 Å². The number of aryl methyl sites for hydroxylation is 1. The van der Waals surface area contributed by atoms with Gasteiger partial charge in [-0.2, -0.15) is 17.7 Å². The van der Waals surface area contributed by atoms with Crippen molar-refractivity contribution in [3.05, 3.63) is 42.0 Å². The summed E-state index contributed by atoms with van der Waals surface area (Å²) in [6.07, 6.45) is -1.10. The summed E-state index contributed by atoms with van der Waals surface area (Å²) in [5.74, 6) is 0.208. The Bertz CT molecular complexity index is 1230. The van der Waals surface area contributed by atoms with Crippen LogP contribution in [0.15, 0.2) is 30.5 Å². The van der Waals surface area contributed by atoms with E-state index in [2.05, 4.69) is 25.4 Å².